The van der Waals surface area contributed by atoms with Crippen LogP contribution >= 0.6 is 57.5 Å². The number of hydrogen-bond donors (Lipinski definition) is 2. The number of carbonyl (C=O) groups excluding carboxylic acids is 1. The molecule has 3 aromatic rings. The van der Waals surface area contributed by atoms with Gasteiger partial charge < -0.3 is 0 Å². The lowest BCUT2D eigenvalue weighted by atomic mass is 10.3. The van der Waals surface area contributed by atoms with Crippen LogP contribution in [0, 0.1) is 6.92 Å². The number of thiazole rings is 1. The summed E-state index contributed by atoms with van der Waals surface area (Å²) in [6.07, 6.45) is 0. The molecule has 4 nitrogen and oxygen atoms in total. The smallest absolute Gasteiger partial charge is 0.281 e. The summed E-state index contributed by atoms with van der Waals surface area (Å²) in [4.78, 5) is 18.4. The summed E-state index contributed by atoms with van der Waals surface area (Å²) in [6, 6.07) is 6.99. The third-order valence-electron chi connectivity index (χ3n) is 3.04. The molecule has 1 aromatic carbocycles. The molecule has 3 rings (SSSR count). The van der Waals surface area contributed by atoms with Crippen LogP contribution in [0.1, 0.15) is 15.4 Å². The Kier molecular flexibility index (Phi) is 5.32. The molecule has 0 aliphatic rings. The number of hydrazine groups is 1. The predicted octanol–water partition coefficient (Wildman–Crippen LogP) is 5.90. The molecule has 0 bridgehead atoms. The van der Waals surface area contributed by atoms with Crippen molar-refractivity contribution >= 4 is 69.1 Å². The largest absolute Gasteiger partial charge is 0.295 e. The lowest BCUT2D eigenvalue weighted by molar-refractivity contribution is 0.0966. The zero-order valence-electron chi connectivity index (χ0n) is 12.2. The molecule has 0 aliphatic carbocycles. The number of amides is 1. The summed E-state index contributed by atoms with van der Waals surface area (Å²) in [6.45, 7) is 1.80. The van der Waals surface area contributed by atoms with Crippen molar-refractivity contribution in [2.24, 2.45) is 0 Å². The number of halogens is 3. The summed E-state index contributed by atoms with van der Waals surface area (Å²) in [5, 5.41) is 3.83. The molecule has 0 atom stereocenters. The molecule has 0 radical (unpaired) electrons. The summed E-state index contributed by atoms with van der Waals surface area (Å²) >= 11 is 20.9. The lowest BCUT2D eigenvalue weighted by Crippen LogP contribution is -2.29. The number of aryl methyl sites for hydroxylation is 1. The zero-order chi connectivity index (χ0) is 17.3. The molecule has 0 aliphatic heterocycles. The van der Waals surface area contributed by atoms with E-state index < -0.39 is 0 Å². The summed E-state index contributed by atoms with van der Waals surface area (Å²) in [5.41, 5.74) is 6.37. The Balaban J connectivity index is 1.77. The number of anilines is 1. The van der Waals surface area contributed by atoms with Gasteiger partial charge in [-0.25, -0.2) is 4.98 Å². The van der Waals surface area contributed by atoms with Crippen molar-refractivity contribution in [1.82, 2.24) is 10.4 Å². The molecule has 1 amide bonds. The predicted molar refractivity (Wildman–Crippen MR) is 103 cm³/mol. The second kappa shape index (κ2) is 7.29. The third kappa shape index (κ3) is 3.68. The number of nitrogens with one attached hydrogen (secondary N) is 2. The second-order valence-electron chi connectivity index (χ2n) is 4.73. The number of carbonyl (C=O) groups is 1. The lowest BCUT2D eigenvalue weighted by Gasteiger charge is -2.11. The molecular formula is C15H10Cl3N3OS2. The van der Waals surface area contributed by atoms with Crippen LogP contribution < -0.4 is 10.9 Å². The highest BCUT2D eigenvalue weighted by Crippen LogP contribution is 2.34. The van der Waals surface area contributed by atoms with Gasteiger partial charge in [-0.15, -0.1) is 22.7 Å². The topological polar surface area (TPSA) is 54.0 Å². The zero-order valence-corrected chi connectivity index (χ0v) is 16.1. The van der Waals surface area contributed by atoms with Crippen LogP contribution in [0.25, 0.3) is 9.88 Å². The van der Waals surface area contributed by atoms with Gasteiger partial charge >= 0.3 is 0 Å². The summed E-state index contributed by atoms with van der Waals surface area (Å²) < 4.78 is 0. The maximum atomic E-state index is 12.4. The van der Waals surface area contributed by atoms with Crippen LogP contribution in [0.15, 0.2) is 29.6 Å². The van der Waals surface area contributed by atoms with Gasteiger partial charge in [-0.2, -0.15) is 0 Å². The Morgan fingerprint density at radius 3 is 2.54 bits per heavy atom. The molecule has 2 N–H and O–H groups in total. The maximum Gasteiger partial charge on any atom is 0.281 e. The highest BCUT2D eigenvalue weighted by molar-refractivity contribution is 7.22. The minimum Gasteiger partial charge on any atom is -0.295 e. The summed E-state index contributed by atoms with van der Waals surface area (Å²) in [5.74, 6) is -0.310. The summed E-state index contributed by atoms with van der Waals surface area (Å²) in [7, 11) is 0. The Hall–Kier alpha value is -1.31. The van der Waals surface area contributed by atoms with E-state index in [1.807, 2.05) is 17.5 Å². The van der Waals surface area contributed by atoms with E-state index in [1.54, 1.807) is 18.3 Å². The third-order valence-corrected chi connectivity index (χ3v) is 6.05. The van der Waals surface area contributed by atoms with Crippen molar-refractivity contribution in [3.8, 4) is 9.88 Å². The van der Waals surface area contributed by atoms with E-state index in [4.69, 9.17) is 34.8 Å². The first kappa shape index (κ1) is 17.5. The molecule has 0 saturated heterocycles. The van der Waals surface area contributed by atoms with E-state index in [2.05, 4.69) is 15.8 Å². The molecule has 0 fully saturated rings. The van der Waals surface area contributed by atoms with Crippen LogP contribution in [0.2, 0.25) is 15.1 Å². The molecular weight excluding hydrogens is 409 g/mol. The first-order valence-electron chi connectivity index (χ1n) is 6.68. The second-order valence-corrected chi connectivity index (χ2v) is 7.93. The molecule has 124 valence electrons. The van der Waals surface area contributed by atoms with E-state index >= 15 is 0 Å². The van der Waals surface area contributed by atoms with Gasteiger partial charge in [-0.1, -0.05) is 40.9 Å². The van der Waals surface area contributed by atoms with E-state index in [0.717, 1.165) is 9.88 Å². The monoisotopic (exact) mass is 417 g/mol. The normalized spacial score (nSPS) is 10.7. The van der Waals surface area contributed by atoms with Crippen molar-refractivity contribution < 1.29 is 4.79 Å². The Bertz CT molecular complexity index is 871. The number of hydrogen-bond acceptors (Lipinski definition) is 5. The first-order chi connectivity index (χ1) is 11.5. The minimum atomic E-state index is -0.310. The number of rotatable bonds is 4. The van der Waals surface area contributed by atoms with Crippen molar-refractivity contribution in [2.45, 2.75) is 6.92 Å². The van der Waals surface area contributed by atoms with Gasteiger partial charge in [0.15, 0.2) is 0 Å². The van der Waals surface area contributed by atoms with Gasteiger partial charge in [0.25, 0.3) is 5.91 Å². The Labute approximate surface area is 161 Å². The fraction of sp³-hybridized carbons (Fsp3) is 0.0667. The molecule has 2 aromatic heterocycles. The molecule has 0 spiro atoms. The standard InChI is InChI=1S/C15H10Cl3N3OS2/c1-7-13(24-15(19-7)11-3-2-4-23-11)14(22)21-20-12-9(17)5-8(16)6-10(12)18/h2-6,20H,1H3,(H,21,22). The van der Waals surface area contributed by atoms with E-state index in [-0.39, 0.29) is 5.91 Å². The van der Waals surface area contributed by atoms with E-state index in [9.17, 15) is 4.79 Å². The average Bonchev–Trinajstić information content (AvgIpc) is 3.14. The SMILES string of the molecule is Cc1nc(-c2cccs2)sc1C(=O)NNc1c(Cl)cc(Cl)cc1Cl. The number of benzene rings is 1. The van der Waals surface area contributed by atoms with Crippen LogP contribution in [0.3, 0.4) is 0 Å². The number of aromatic nitrogens is 1. The van der Waals surface area contributed by atoms with Crippen molar-refractivity contribution in [3.05, 3.63) is 55.3 Å². The van der Waals surface area contributed by atoms with Gasteiger partial charge in [0.1, 0.15) is 9.88 Å². The van der Waals surface area contributed by atoms with Gasteiger partial charge in [-0.05, 0) is 30.5 Å². The van der Waals surface area contributed by atoms with Crippen LogP contribution in [-0.2, 0) is 0 Å². The fourth-order valence-electron chi connectivity index (χ4n) is 1.95. The number of thiophene rings is 1. The molecule has 0 saturated carbocycles. The van der Waals surface area contributed by atoms with E-state index in [0.29, 0.717) is 31.3 Å². The average molecular weight is 419 g/mol. The van der Waals surface area contributed by atoms with Gasteiger partial charge in [0.2, 0.25) is 0 Å². The molecule has 2 heterocycles. The van der Waals surface area contributed by atoms with Crippen molar-refractivity contribution in [3.63, 3.8) is 0 Å². The highest BCUT2D eigenvalue weighted by Gasteiger charge is 2.17. The molecule has 9 heteroatoms. The minimum absolute atomic E-state index is 0.310. The van der Waals surface area contributed by atoms with Gasteiger partial charge in [0.05, 0.1) is 26.3 Å². The Morgan fingerprint density at radius 1 is 1.21 bits per heavy atom. The van der Waals surface area contributed by atoms with Crippen LogP contribution in [0.4, 0.5) is 5.69 Å². The van der Waals surface area contributed by atoms with Crippen LogP contribution in [-0.4, -0.2) is 10.9 Å². The Morgan fingerprint density at radius 2 is 1.92 bits per heavy atom. The van der Waals surface area contributed by atoms with Crippen molar-refractivity contribution in [2.75, 3.05) is 5.43 Å². The van der Waals surface area contributed by atoms with Crippen molar-refractivity contribution in [1.29, 1.82) is 0 Å². The molecule has 0 unspecified atom stereocenters. The van der Waals surface area contributed by atoms with E-state index in [1.165, 1.54) is 23.5 Å². The van der Waals surface area contributed by atoms with Crippen LogP contribution in [0.5, 0.6) is 0 Å². The van der Waals surface area contributed by atoms with Gasteiger partial charge in [-0.3, -0.25) is 15.6 Å². The number of nitrogens with zero attached hydrogens (tertiary/aromatic N) is 1. The highest BCUT2D eigenvalue weighted by atomic mass is 35.5. The first-order valence-corrected chi connectivity index (χ1v) is 9.51. The van der Waals surface area contributed by atoms with Gasteiger partial charge in [0, 0.05) is 5.02 Å². The quantitative estimate of drug-likeness (QED) is 0.519. The fourth-order valence-corrected chi connectivity index (χ4v) is 4.62. The maximum absolute atomic E-state index is 12.4. The molecule has 24 heavy (non-hydrogen) atoms.